The highest BCUT2D eigenvalue weighted by Crippen LogP contribution is 2.39. The number of rotatable bonds is 4. The Hall–Kier alpha value is -3.18. The van der Waals surface area contributed by atoms with E-state index in [4.69, 9.17) is 0 Å². The topological polar surface area (TPSA) is 98.0 Å². The molecule has 2 saturated heterocycles. The summed E-state index contributed by atoms with van der Waals surface area (Å²) >= 11 is 0. The van der Waals surface area contributed by atoms with Crippen LogP contribution in [-0.4, -0.2) is 71.1 Å². The molecular formula is C24H28F3N7O. The predicted octanol–water partition coefficient (Wildman–Crippen LogP) is 3.24. The van der Waals surface area contributed by atoms with Crippen molar-refractivity contribution in [1.29, 1.82) is 0 Å². The largest absolute Gasteiger partial charge is 0.419 e. The molecule has 2 aliphatic rings. The van der Waals surface area contributed by atoms with Crippen LogP contribution < -0.4 is 16.0 Å². The van der Waals surface area contributed by atoms with Crippen LogP contribution in [0.3, 0.4) is 0 Å². The molecule has 0 spiro atoms. The summed E-state index contributed by atoms with van der Waals surface area (Å²) in [6, 6.07) is 5.08. The highest BCUT2D eigenvalue weighted by molar-refractivity contribution is 6.02. The van der Waals surface area contributed by atoms with Gasteiger partial charge in [0.25, 0.3) is 5.91 Å². The Balaban J connectivity index is 1.48. The molecule has 2 aliphatic heterocycles. The third-order valence-corrected chi connectivity index (χ3v) is 6.56. The van der Waals surface area contributed by atoms with Gasteiger partial charge in [0.1, 0.15) is 5.56 Å². The molecule has 0 saturated carbocycles. The third-order valence-electron chi connectivity index (χ3n) is 6.56. The Bertz CT molecular complexity index is 1200. The van der Waals surface area contributed by atoms with E-state index >= 15 is 0 Å². The van der Waals surface area contributed by atoms with Gasteiger partial charge in [-0.3, -0.25) is 4.79 Å². The summed E-state index contributed by atoms with van der Waals surface area (Å²) in [4.78, 5) is 26.0. The summed E-state index contributed by atoms with van der Waals surface area (Å²) in [6.07, 6.45) is 0.721. The van der Waals surface area contributed by atoms with Crippen LogP contribution in [0.2, 0.25) is 0 Å². The lowest BCUT2D eigenvalue weighted by Gasteiger charge is -2.27. The number of amides is 1. The van der Waals surface area contributed by atoms with Crippen molar-refractivity contribution >= 4 is 22.8 Å². The highest BCUT2D eigenvalue weighted by Gasteiger charge is 2.36. The minimum atomic E-state index is -4.61. The van der Waals surface area contributed by atoms with Gasteiger partial charge in [-0.25, -0.2) is 9.97 Å². The van der Waals surface area contributed by atoms with E-state index in [0.717, 1.165) is 45.1 Å². The van der Waals surface area contributed by atoms with Crippen molar-refractivity contribution in [3.05, 3.63) is 41.7 Å². The molecule has 0 radical (unpaired) electrons. The van der Waals surface area contributed by atoms with E-state index in [2.05, 4.69) is 30.9 Å². The van der Waals surface area contributed by atoms with Crippen molar-refractivity contribution in [1.82, 2.24) is 30.5 Å². The monoisotopic (exact) mass is 487 g/mol. The number of H-pyrrole nitrogens is 1. The van der Waals surface area contributed by atoms with Crippen LogP contribution in [0, 0.1) is 0 Å². The lowest BCUT2D eigenvalue weighted by molar-refractivity contribution is -0.137. The summed E-state index contributed by atoms with van der Waals surface area (Å²) in [7, 11) is 0. The van der Waals surface area contributed by atoms with Crippen molar-refractivity contribution in [2.24, 2.45) is 0 Å². The number of fused-ring (bicyclic) bond motifs is 1. The molecule has 5 rings (SSSR count). The number of nitrogens with one attached hydrogen (secondary N) is 4. The lowest BCUT2D eigenvalue weighted by Crippen LogP contribution is -2.46. The normalized spacial score (nSPS) is 19.5. The van der Waals surface area contributed by atoms with Crippen molar-refractivity contribution < 1.29 is 18.0 Å². The molecule has 11 heteroatoms. The number of benzene rings is 1. The first-order valence-electron chi connectivity index (χ1n) is 11.9. The van der Waals surface area contributed by atoms with Gasteiger partial charge in [-0.15, -0.1) is 0 Å². The molecule has 1 aromatic carbocycles. The molecule has 2 aromatic heterocycles. The Labute approximate surface area is 200 Å². The van der Waals surface area contributed by atoms with E-state index in [1.807, 2.05) is 0 Å². The Morgan fingerprint density at radius 1 is 1.11 bits per heavy atom. The maximum Gasteiger partial charge on any atom is 0.419 e. The summed E-state index contributed by atoms with van der Waals surface area (Å²) in [5, 5.41) is 10.3. The molecule has 0 aliphatic carbocycles. The Kier molecular flexibility index (Phi) is 6.61. The summed E-state index contributed by atoms with van der Waals surface area (Å²) < 4.78 is 41.7. The number of hydrogen-bond donors (Lipinski definition) is 4. The molecule has 186 valence electrons. The zero-order valence-corrected chi connectivity index (χ0v) is 19.2. The van der Waals surface area contributed by atoms with E-state index < -0.39 is 11.7 Å². The summed E-state index contributed by atoms with van der Waals surface area (Å²) in [5.41, 5.74) is 0.302. The molecule has 2 fully saturated rings. The minimum absolute atomic E-state index is 0.0450. The van der Waals surface area contributed by atoms with E-state index in [1.54, 1.807) is 23.1 Å². The first-order chi connectivity index (χ1) is 16.9. The van der Waals surface area contributed by atoms with Gasteiger partial charge in [0.05, 0.1) is 5.69 Å². The number of aromatic amines is 1. The van der Waals surface area contributed by atoms with Crippen LogP contribution in [-0.2, 0) is 6.18 Å². The predicted molar refractivity (Wildman–Crippen MR) is 127 cm³/mol. The van der Waals surface area contributed by atoms with Crippen molar-refractivity contribution in [2.75, 3.05) is 44.6 Å². The van der Waals surface area contributed by atoms with Gasteiger partial charge < -0.3 is 25.8 Å². The quantitative estimate of drug-likeness (QED) is 0.451. The fraction of sp³-hybridized carbons (Fsp3) is 0.458. The average Bonchev–Trinajstić information content (AvgIpc) is 3.11. The number of piperazine rings is 1. The fourth-order valence-corrected chi connectivity index (χ4v) is 4.69. The second-order valence-corrected chi connectivity index (χ2v) is 9.00. The second-order valence-electron chi connectivity index (χ2n) is 9.00. The molecule has 35 heavy (non-hydrogen) atoms. The van der Waals surface area contributed by atoms with Crippen LogP contribution in [0.1, 0.15) is 35.2 Å². The van der Waals surface area contributed by atoms with E-state index in [0.29, 0.717) is 41.7 Å². The number of alkyl halides is 3. The highest BCUT2D eigenvalue weighted by atomic mass is 19.4. The van der Waals surface area contributed by atoms with Crippen LogP contribution in [0.4, 0.5) is 19.1 Å². The van der Waals surface area contributed by atoms with E-state index in [-0.39, 0.29) is 23.6 Å². The molecule has 4 N–H and O–H groups in total. The standard InChI is InChI=1S/C24H28F3N7O/c25-24(26,27)19-14-31-23(32-16-3-1-2-6-29-12-16)33-21(19)18-13-30-20-11-15(4-5-17(18)20)22(35)34-9-7-28-8-10-34/h4-5,11,13-14,16,28-30H,1-3,6-10,12H2,(H,31,32,33)/t16-/m0/s1. The van der Waals surface area contributed by atoms with Gasteiger partial charge in [0.2, 0.25) is 5.95 Å². The zero-order chi connectivity index (χ0) is 24.4. The van der Waals surface area contributed by atoms with Crippen LogP contribution >= 0.6 is 0 Å². The van der Waals surface area contributed by atoms with Crippen LogP contribution in [0.15, 0.2) is 30.6 Å². The number of hydrogen-bond acceptors (Lipinski definition) is 6. The third kappa shape index (κ3) is 5.10. The number of anilines is 1. The van der Waals surface area contributed by atoms with Crippen LogP contribution in [0.5, 0.6) is 0 Å². The van der Waals surface area contributed by atoms with Crippen molar-refractivity contribution in [3.8, 4) is 11.3 Å². The molecular weight excluding hydrogens is 459 g/mol. The Morgan fingerprint density at radius 2 is 1.94 bits per heavy atom. The summed E-state index contributed by atoms with van der Waals surface area (Å²) in [5.74, 6) is 0.0765. The maximum atomic E-state index is 13.9. The van der Waals surface area contributed by atoms with Gasteiger partial charge >= 0.3 is 6.18 Å². The summed E-state index contributed by atoms with van der Waals surface area (Å²) in [6.45, 7) is 4.34. The number of halogens is 3. The molecule has 3 aromatic rings. The zero-order valence-electron chi connectivity index (χ0n) is 19.2. The number of carbonyl (C=O) groups is 1. The van der Waals surface area contributed by atoms with E-state index in [9.17, 15) is 18.0 Å². The molecule has 0 unspecified atom stereocenters. The van der Waals surface area contributed by atoms with Gasteiger partial charge in [-0.05, 0) is 31.5 Å². The molecule has 8 nitrogen and oxygen atoms in total. The fourth-order valence-electron chi connectivity index (χ4n) is 4.69. The minimum Gasteiger partial charge on any atom is -0.360 e. The van der Waals surface area contributed by atoms with Crippen LogP contribution in [0.25, 0.3) is 22.2 Å². The van der Waals surface area contributed by atoms with Gasteiger partial charge in [0.15, 0.2) is 0 Å². The van der Waals surface area contributed by atoms with Crippen molar-refractivity contribution in [3.63, 3.8) is 0 Å². The van der Waals surface area contributed by atoms with E-state index in [1.165, 1.54) is 6.20 Å². The Morgan fingerprint density at radius 3 is 2.74 bits per heavy atom. The lowest BCUT2D eigenvalue weighted by atomic mass is 10.0. The maximum absolute atomic E-state index is 13.9. The van der Waals surface area contributed by atoms with Gasteiger partial charge in [0, 0.05) is 73.2 Å². The van der Waals surface area contributed by atoms with Crippen molar-refractivity contribution in [2.45, 2.75) is 31.5 Å². The smallest absolute Gasteiger partial charge is 0.360 e. The number of carbonyl (C=O) groups excluding carboxylic acids is 1. The molecule has 0 bridgehead atoms. The molecule has 1 amide bonds. The molecule has 1 atom stereocenters. The van der Waals surface area contributed by atoms with Gasteiger partial charge in [-0.1, -0.05) is 12.5 Å². The SMILES string of the molecule is O=C(c1ccc2c(-c3nc(N[C@H]4CCCCNC4)ncc3C(F)(F)F)c[nH]c2c1)N1CCNCC1. The first kappa shape index (κ1) is 23.6. The average molecular weight is 488 g/mol. The van der Waals surface area contributed by atoms with Gasteiger partial charge in [-0.2, -0.15) is 13.2 Å². The first-order valence-corrected chi connectivity index (χ1v) is 11.9. The molecule has 4 heterocycles. The second kappa shape index (κ2) is 9.82. The number of aromatic nitrogens is 3. The number of nitrogens with zero attached hydrogens (tertiary/aromatic N) is 3.